The molecule has 1 rings (SSSR count). The largest absolute Gasteiger partial charge is 0.493 e. The molecule has 0 heterocycles. The first kappa shape index (κ1) is 22.3. The van der Waals surface area contributed by atoms with E-state index in [0.29, 0.717) is 17.1 Å². The molecule has 1 aromatic carbocycles. The lowest BCUT2D eigenvalue weighted by atomic mass is 10.1. The molecule has 0 aliphatic heterocycles. The lowest BCUT2D eigenvalue weighted by molar-refractivity contribution is -0.137. The van der Waals surface area contributed by atoms with E-state index in [-0.39, 0.29) is 43.5 Å². The highest BCUT2D eigenvalue weighted by Crippen LogP contribution is 2.28. The molecule has 0 atom stereocenters. The molecule has 0 radical (unpaired) electrons. The van der Waals surface area contributed by atoms with Crippen LogP contribution >= 0.6 is 0 Å². The van der Waals surface area contributed by atoms with Crippen molar-refractivity contribution in [3.63, 3.8) is 0 Å². The maximum Gasteiger partial charge on any atom is 0.305 e. The monoisotopic (exact) mass is 380 g/mol. The van der Waals surface area contributed by atoms with E-state index in [1.807, 2.05) is 27.7 Å². The van der Waals surface area contributed by atoms with Crippen LogP contribution in [0.1, 0.15) is 44.5 Å². The fourth-order valence-electron chi connectivity index (χ4n) is 2.40. The van der Waals surface area contributed by atoms with Gasteiger partial charge in [0.15, 0.2) is 18.1 Å². The number of methoxy groups -OCH3 is 1. The Morgan fingerprint density at radius 3 is 2.33 bits per heavy atom. The van der Waals surface area contributed by atoms with Gasteiger partial charge in [-0.05, 0) is 45.9 Å². The minimum absolute atomic E-state index is 0.0100. The van der Waals surface area contributed by atoms with Crippen LogP contribution in [0, 0.1) is 0 Å². The number of rotatable bonds is 10. The maximum absolute atomic E-state index is 12.7. The van der Waals surface area contributed by atoms with Crippen molar-refractivity contribution in [1.29, 1.82) is 0 Å². The molecule has 2 N–H and O–H groups in total. The quantitative estimate of drug-likeness (QED) is 0.643. The second-order valence-corrected chi connectivity index (χ2v) is 6.61. The fraction of sp³-hybridized carbons (Fsp3) is 0.526. The molecular formula is C19H28N2O6. The van der Waals surface area contributed by atoms with Crippen molar-refractivity contribution in [2.75, 3.05) is 20.3 Å². The highest BCUT2D eigenvalue weighted by atomic mass is 16.5. The molecule has 150 valence electrons. The summed E-state index contributed by atoms with van der Waals surface area (Å²) in [6, 6.07) is 4.50. The van der Waals surface area contributed by atoms with Crippen molar-refractivity contribution in [2.24, 2.45) is 0 Å². The Hall–Kier alpha value is -2.77. The van der Waals surface area contributed by atoms with Gasteiger partial charge < -0.3 is 24.8 Å². The van der Waals surface area contributed by atoms with E-state index >= 15 is 0 Å². The minimum Gasteiger partial charge on any atom is -0.493 e. The van der Waals surface area contributed by atoms with Gasteiger partial charge in [0.05, 0.1) is 13.5 Å². The summed E-state index contributed by atoms with van der Waals surface area (Å²) in [5, 5.41) is 11.6. The van der Waals surface area contributed by atoms with Crippen molar-refractivity contribution in [2.45, 2.75) is 46.2 Å². The molecule has 8 heteroatoms. The van der Waals surface area contributed by atoms with Crippen molar-refractivity contribution >= 4 is 17.8 Å². The topological polar surface area (TPSA) is 105 Å². The van der Waals surface area contributed by atoms with Gasteiger partial charge in [0.2, 0.25) is 0 Å². The lowest BCUT2D eigenvalue weighted by Gasteiger charge is -2.26. The zero-order chi connectivity index (χ0) is 20.6. The fourth-order valence-corrected chi connectivity index (χ4v) is 2.40. The Bertz CT molecular complexity index is 672. The van der Waals surface area contributed by atoms with Gasteiger partial charge >= 0.3 is 5.97 Å². The van der Waals surface area contributed by atoms with Crippen LogP contribution in [-0.4, -0.2) is 60.1 Å². The number of ether oxygens (including phenoxy) is 2. The number of hydrogen-bond acceptors (Lipinski definition) is 5. The Labute approximate surface area is 159 Å². The van der Waals surface area contributed by atoms with Gasteiger partial charge in [-0.25, -0.2) is 0 Å². The van der Waals surface area contributed by atoms with Crippen LogP contribution in [0.25, 0.3) is 0 Å². The van der Waals surface area contributed by atoms with Crippen LogP contribution in [0.3, 0.4) is 0 Å². The first-order valence-corrected chi connectivity index (χ1v) is 8.78. The predicted octanol–water partition coefficient (Wildman–Crippen LogP) is 1.92. The number of carbonyl (C=O) groups is 3. The van der Waals surface area contributed by atoms with Crippen LogP contribution in [0.15, 0.2) is 18.2 Å². The van der Waals surface area contributed by atoms with Crippen molar-refractivity contribution < 1.29 is 29.0 Å². The first-order chi connectivity index (χ1) is 12.6. The van der Waals surface area contributed by atoms with Crippen LogP contribution < -0.4 is 14.8 Å². The van der Waals surface area contributed by atoms with Crippen LogP contribution in [0.2, 0.25) is 0 Å². The van der Waals surface area contributed by atoms with Gasteiger partial charge in [-0.1, -0.05) is 0 Å². The standard InChI is InChI=1S/C19H28N2O6/c1-12(2)20-17(22)11-27-15-7-6-14(10-16(15)26-5)19(25)21(13(3)4)9-8-18(23)24/h6-7,10,12-13H,8-9,11H2,1-5H3,(H,20,22)(H,23,24). The highest BCUT2D eigenvalue weighted by molar-refractivity contribution is 5.95. The summed E-state index contributed by atoms with van der Waals surface area (Å²) >= 11 is 0. The SMILES string of the molecule is COc1cc(C(=O)N(CCC(=O)O)C(C)C)ccc1OCC(=O)NC(C)C. The summed E-state index contributed by atoms with van der Waals surface area (Å²) in [6.45, 7) is 7.29. The highest BCUT2D eigenvalue weighted by Gasteiger charge is 2.21. The number of carbonyl (C=O) groups excluding carboxylic acids is 2. The summed E-state index contributed by atoms with van der Waals surface area (Å²) in [5.74, 6) is -0.857. The van der Waals surface area contributed by atoms with Crippen LogP contribution in [0.5, 0.6) is 11.5 Å². The molecule has 0 spiro atoms. The van der Waals surface area contributed by atoms with E-state index in [1.165, 1.54) is 18.1 Å². The average molecular weight is 380 g/mol. The molecule has 0 aliphatic carbocycles. The molecule has 1 aromatic rings. The number of carboxylic acids is 1. The maximum atomic E-state index is 12.7. The molecule has 27 heavy (non-hydrogen) atoms. The number of benzene rings is 1. The van der Waals surface area contributed by atoms with E-state index in [1.54, 1.807) is 12.1 Å². The molecule has 0 aliphatic rings. The Kier molecular flexibility index (Phi) is 8.58. The van der Waals surface area contributed by atoms with E-state index in [2.05, 4.69) is 5.32 Å². The lowest BCUT2D eigenvalue weighted by Crippen LogP contribution is -2.38. The Morgan fingerprint density at radius 2 is 1.81 bits per heavy atom. The third-order valence-electron chi connectivity index (χ3n) is 3.67. The number of nitrogens with zero attached hydrogens (tertiary/aromatic N) is 1. The normalized spacial score (nSPS) is 10.6. The van der Waals surface area contributed by atoms with Gasteiger partial charge in [0, 0.05) is 24.2 Å². The van der Waals surface area contributed by atoms with Gasteiger partial charge in [0.25, 0.3) is 11.8 Å². The average Bonchev–Trinajstić information content (AvgIpc) is 2.58. The summed E-state index contributed by atoms with van der Waals surface area (Å²) in [5.41, 5.74) is 0.352. The zero-order valence-corrected chi connectivity index (χ0v) is 16.4. The molecule has 0 saturated heterocycles. The van der Waals surface area contributed by atoms with Crippen molar-refractivity contribution in [3.05, 3.63) is 23.8 Å². The molecule has 0 aromatic heterocycles. The van der Waals surface area contributed by atoms with Gasteiger partial charge in [0.1, 0.15) is 0 Å². The first-order valence-electron chi connectivity index (χ1n) is 8.78. The predicted molar refractivity (Wildman–Crippen MR) is 100 cm³/mol. The Balaban J connectivity index is 2.92. The third-order valence-corrected chi connectivity index (χ3v) is 3.67. The summed E-state index contributed by atoms with van der Waals surface area (Å²) in [7, 11) is 1.44. The summed E-state index contributed by atoms with van der Waals surface area (Å²) in [4.78, 5) is 36.7. The molecule has 0 saturated carbocycles. The molecule has 0 bridgehead atoms. The molecular weight excluding hydrogens is 352 g/mol. The number of hydrogen-bond donors (Lipinski definition) is 2. The number of amides is 2. The minimum atomic E-state index is -0.963. The zero-order valence-electron chi connectivity index (χ0n) is 16.4. The third kappa shape index (κ3) is 7.16. The van der Waals surface area contributed by atoms with Crippen molar-refractivity contribution in [1.82, 2.24) is 10.2 Å². The van der Waals surface area contributed by atoms with Gasteiger partial charge in [-0.2, -0.15) is 0 Å². The second kappa shape index (κ2) is 10.4. The van der Waals surface area contributed by atoms with Gasteiger partial charge in [-0.3, -0.25) is 14.4 Å². The van der Waals surface area contributed by atoms with Crippen molar-refractivity contribution in [3.8, 4) is 11.5 Å². The number of nitrogens with one attached hydrogen (secondary N) is 1. The molecule has 0 unspecified atom stereocenters. The van der Waals surface area contributed by atoms with Crippen LogP contribution in [-0.2, 0) is 9.59 Å². The van der Waals surface area contributed by atoms with E-state index in [4.69, 9.17) is 14.6 Å². The summed E-state index contributed by atoms with van der Waals surface area (Å²) < 4.78 is 10.7. The second-order valence-electron chi connectivity index (χ2n) is 6.61. The number of carboxylic acid groups (broad SMARTS) is 1. The molecule has 2 amide bonds. The van der Waals surface area contributed by atoms with E-state index in [9.17, 15) is 14.4 Å². The molecule has 0 fully saturated rings. The number of aliphatic carboxylic acids is 1. The van der Waals surface area contributed by atoms with Crippen LogP contribution in [0.4, 0.5) is 0 Å². The smallest absolute Gasteiger partial charge is 0.305 e. The van der Waals surface area contributed by atoms with Gasteiger partial charge in [-0.15, -0.1) is 0 Å². The Morgan fingerprint density at radius 1 is 1.15 bits per heavy atom. The van der Waals surface area contributed by atoms with E-state index in [0.717, 1.165) is 0 Å². The summed E-state index contributed by atoms with van der Waals surface area (Å²) in [6.07, 6.45) is -0.132. The van der Waals surface area contributed by atoms with E-state index < -0.39 is 5.97 Å². The molecule has 8 nitrogen and oxygen atoms in total.